The molecule has 0 saturated heterocycles. The van der Waals surface area contributed by atoms with Crippen molar-refractivity contribution < 1.29 is 13.5 Å². The standard InChI is InChI=1S/C13H12NO3S/c1-14-18(16,17)11-8-6-10(7-9-11)12-4-2-3-5-13(12)15/h2,4-9,14-15H,1H3. The van der Waals surface area contributed by atoms with Gasteiger partial charge in [-0.1, -0.05) is 24.3 Å². The van der Waals surface area contributed by atoms with Crippen LogP contribution in [0.1, 0.15) is 0 Å². The van der Waals surface area contributed by atoms with Crippen LogP contribution in [0.15, 0.2) is 47.4 Å². The van der Waals surface area contributed by atoms with Gasteiger partial charge in [-0.2, -0.15) is 0 Å². The molecule has 2 rings (SSSR count). The molecule has 0 heterocycles. The summed E-state index contributed by atoms with van der Waals surface area (Å²) >= 11 is 0. The number of sulfonamides is 1. The molecule has 0 spiro atoms. The SMILES string of the molecule is CNS(=O)(=O)c1ccc(-c2cc[c]cc2O)cc1. The average molecular weight is 262 g/mol. The predicted molar refractivity (Wildman–Crippen MR) is 68.6 cm³/mol. The second kappa shape index (κ2) is 4.80. The van der Waals surface area contributed by atoms with Crippen molar-refractivity contribution in [3.05, 3.63) is 48.5 Å². The fraction of sp³-hybridized carbons (Fsp3) is 0.0769. The van der Waals surface area contributed by atoms with Gasteiger partial charge in [-0.15, -0.1) is 0 Å². The molecule has 0 aliphatic carbocycles. The summed E-state index contributed by atoms with van der Waals surface area (Å²) in [7, 11) is -2.06. The Morgan fingerprint density at radius 1 is 1.17 bits per heavy atom. The Balaban J connectivity index is 2.43. The Morgan fingerprint density at radius 2 is 1.83 bits per heavy atom. The first-order chi connectivity index (χ1) is 8.54. The number of phenolic OH excluding ortho intramolecular Hbond substituents is 1. The monoisotopic (exact) mass is 262 g/mol. The van der Waals surface area contributed by atoms with Gasteiger partial charge in [0.25, 0.3) is 0 Å². The number of phenols is 1. The molecule has 0 atom stereocenters. The minimum atomic E-state index is -3.43. The molecule has 0 unspecified atom stereocenters. The molecule has 4 nitrogen and oxygen atoms in total. The molecule has 0 fully saturated rings. The van der Waals surface area contributed by atoms with Crippen LogP contribution in [0.25, 0.3) is 11.1 Å². The van der Waals surface area contributed by atoms with E-state index in [9.17, 15) is 13.5 Å². The van der Waals surface area contributed by atoms with E-state index in [0.717, 1.165) is 5.56 Å². The van der Waals surface area contributed by atoms with E-state index in [0.29, 0.717) is 5.56 Å². The molecule has 2 aromatic rings. The molecule has 18 heavy (non-hydrogen) atoms. The summed E-state index contributed by atoms with van der Waals surface area (Å²) in [6.45, 7) is 0. The third-order valence-corrected chi connectivity index (χ3v) is 4.02. The van der Waals surface area contributed by atoms with Crippen LogP contribution in [0, 0.1) is 6.07 Å². The molecule has 0 bridgehead atoms. The van der Waals surface area contributed by atoms with E-state index in [1.165, 1.54) is 25.2 Å². The van der Waals surface area contributed by atoms with Crippen molar-refractivity contribution in [2.24, 2.45) is 0 Å². The molecule has 1 radical (unpaired) electrons. The highest BCUT2D eigenvalue weighted by Gasteiger charge is 2.11. The van der Waals surface area contributed by atoms with Crippen LogP contribution in [-0.4, -0.2) is 20.6 Å². The van der Waals surface area contributed by atoms with E-state index in [-0.39, 0.29) is 10.6 Å². The highest BCUT2D eigenvalue weighted by atomic mass is 32.2. The third kappa shape index (κ3) is 2.37. The summed E-state index contributed by atoms with van der Waals surface area (Å²) in [6, 6.07) is 13.9. The van der Waals surface area contributed by atoms with Gasteiger partial charge in [0.2, 0.25) is 10.0 Å². The topological polar surface area (TPSA) is 66.4 Å². The minimum absolute atomic E-state index is 0.113. The van der Waals surface area contributed by atoms with E-state index >= 15 is 0 Å². The van der Waals surface area contributed by atoms with Crippen molar-refractivity contribution in [3.8, 4) is 16.9 Å². The van der Waals surface area contributed by atoms with Gasteiger partial charge >= 0.3 is 0 Å². The van der Waals surface area contributed by atoms with Gasteiger partial charge in [-0.05, 0) is 36.9 Å². The zero-order chi connectivity index (χ0) is 13.2. The fourth-order valence-corrected chi connectivity index (χ4v) is 2.33. The van der Waals surface area contributed by atoms with Gasteiger partial charge in [0, 0.05) is 5.56 Å². The summed E-state index contributed by atoms with van der Waals surface area (Å²) in [4.78, 5) is 0.190. The number of benzene rings is 2. The lowest BCUT2D eigenvalue weighted by molar-refractivity contribution is 0.477. The van der Waals surface area contributed by atoms with E-state index < -0.39 is 10.0 Å². The summed E-state index contributed by atoms with van der Waals surface area (Å²) in [5.74, 6) is 0.113. The lowest BCUT2D eigenvalue weighted by Crippen LogP contribution is -2.18. The lowest BCUT2D eigenvalue weighted by Gasteiger charge is -2.06. The molecule has 2 N–H and O–H groups in total. The van der Waals surface area contributed by atoms with Crippen LogP contribution in [0.4, 0.5) is 0 Å². The number of aromatic hydroxyl groups is 1. The highest BCUT2D eigenvalue weighted by Crippen LogP contribution is 2.28. The second-order valence-electron chi connectivity index (χ2n) is 3.68. The Bertz CT molecular complexity index is 648. The van der Waals surface area contributed by atoms with Crippen molar-refractivity contribution >= 4 is 10.0 Å². The Hall–Kier alpha value is -1.85. The molecule has 0 saturated carbocycles. The first-order valence-corrected chi connectivity index (χ1v) is 6.76. The molecule has 0 amide bonds. The fourth-order valence-electron chi connectivity index (χ4n) is 1.60. The van der Waals surface area contributed by atoms with Crippen molar-refractivity contribution in [1.82, 2.24) is 4.72 Å². The van der Waals surface area contributed by atoms with E-state index in [1.54, 1.807) is 24.3 Å². The van der Waals surface area contributed by atoms with Crippen molar-refractivity contribution in [2.45, 2.75) is 4.90 Å². The van der Waals surface area contributed by atoms with Crippen LogP contribution in [-0.2, 0) is 10.0 Å². The number of hydrogen-bond donors (Lipinski definition) is 2. The molecule has 0 aliphatic rings. The molecular weight excluding hydrogens is 250 g/mol. The first-order valence-electron chi connectivity index (χ1n) is 5.27. The smallest absolute Gasteiger partial charge is 0.240 e. The molecule has 5 heteroatoms. The van der Waals surface area contributed by atoms with Gasteiger partial charge in [-0.3, -0.25) is 0 Å². The number of hydrogen-bond acceptors (Lipinski definition) is 3. The summed E-state index contributed by atoms with van der Waals surface area (Å²) in [5.41, 5.74) is 1.39. The van der Waals surface area contributed by atoms with E-state index in [2.05, 4.69) is 10.8 Å². The predicted octanol–water partition coefficient (Wildman–Crippen LogP) is 1.77. The zero-order valence-electron chi connectivity index (χ0n) is 9.71. The van der Waals surface area contributed by atoms with E-state index in [4.69, 9.17) is 0 Å². The van der Waals surface area contributed by atoms with Gasteiger partial charge < -0.3 is 5.11 Å². The summed E-state index contributed by atoms with van der Waals surface area (Å²) in [6.07, 6.45) is 0. The quantitative estimate of drug-likeness (QED) is 0.886. The first kappa shape index (κ1) is 12.6. The molecule has 0 aromatic heterocycles. The Kier molecular flexibility index (Phi) is 3.36. The number of rotatable bonds is 3. The lowest BCUT2D eigenvalue weighted by atomic mass is 10.1. The maximum Gasteiger partial charge on any atom is 0.240 e. The summed E-state index contributed by atoms with van der Waals surface area (Å²) < 4.78 is 25.3. The summed E-state index contributed by atoms with van der Waals surface area (Å²) in [5, 5.41) is 9.68. The van der Waals surface area contributed by atoms with Crippen LogP contribution in [0.2, 0.25) is 0 Å². The second-order valence-corrected chi connectivity index (χ2v) is 5.56. The molecular formula is C13H12NO3S. The Labute approximate surface area is 106 Å². The van der Waals surface area contributed by atoms with Crippen molar-refractivity contribution in [1.29, 1.82) is 0 Å². The van der Waals surface area contributed by atoms with Crippen molar-refractivity contribution in [3.63, 3.8) is 0 Å². The third-order valence-electron chi connectivity index (χ3n) is 2.59. The highest BCUT2D eigenvalue weighted by molar-refractivity contribution is 7.89. The van der Waals surface area contributed by atoms with Gasteiger partial charge in [-0.25, -0.2) is 13.1 Å². The van der Waals surface area contributed by atoms with E-state index in [1.807, 2.05) is 0 Å². The van der Waals surface area contributed by atoms with Gasteiger partial charge in [0.15, 0.2) is 0 Å². The maximum atomic E-state index is 11.6. The normalized spacial score (nSPS) is 11.4. The van der Waals surface area contributed by atoms with Gasteiger partial charge in [0.05, 0.1) is 4.90 Å². The minimum Gasteiger partial charge on any atom is -0.507 e. The molecule has 93 valence electrons. The van der Waals surface area contributed by atoms with Crippen LogP contribution in [0.3, 0.4) is 0 Å². The van der Waals surface area contributed by atoms with Crippen molar-refractivity contribution in [2.75, 3.05) is 7.05 Å². The number of nitrogens with one attached hydrogen (secondary N) is 1. The van der Waals surface area contributed by atoms with Crippen LogP contribution >= 0.6 is 0 Å². The molecule has 0 aliphatic heterocycles. The Morgan fingerprint density at radius 3 is 2.39 bits per heavy atom. The average Bonchev–Trinajstić information content (AvgIpc) is 2.39. The maximum absolute atomic E-state index is 11.6. The van der Waals surface area contributed by atoms with Crippen LogP contribution in [0.5, 0.6) is 5.75 Å². The van der Waals surface area contributed by atoms with Crippen LogP contribution < -0.4 is 4.72 Å². The zero-order valence-corrected chi connectivity index (χ0v) is 10.5. The van der Waals surface area contributed by atoms with Gasteiger partial charge in [0.1, 0.15) is 5.75 Å². The largest absolute Gasteiger partial charge is 0.507 e. The molecule has 2 aromatic carbocycles.